The van der Waals surface area contributed by atoms with E-state index in [1.807, 2.05) is 6.20 Å². The topological polar surface area (TPSA) is 33.5 Å². The van der Waals surface area contributed by atoms with Crippen LogP contribution in [0.5, 0.6) is 11.5 Å². The van der Waals surface area contributed by atoms with Crippen LogP contribution in [-0.4, -0.2) is 16.2 Å². The first-order valence-electron chi connectivity index (χ1n) is 21.1. The van der Waals surface area contributed by atoms with Gasteiger partial charge in [-0.2, -0.15) is 0 Å². The normalized spacial score (nSPS) is 14.1. The van der Waals surface area contributed by atoms with Gasteiger partial charge in [0.1, 0.15) is 17.3 Å². The van der Waals surface area contributed by atoms with Crippen LogP contribution in [0, 0.1) is 5.41 Å². The molecule has 3 heterocycles. The van der Waals surface area contributed by atoms with Crippen molar-refractivity contribution in [3.63, 3.8) is 0 Å². The molecule has 5 aromatic carbocycles. The smallest absolute Gasteiger partial charge is 0.137 e. The number of rotatable bonds is 6. The van der Waals surface area contributed by atoms with Crippen LogP contribution in [0.3, 0.4) is 0 Å². The SMILES string of the molecule is CC(C)(C)C1=CN(c2cc(-c3ccccc3)cc(C(C)(C)C)c2)CN1c1cccc(Oc2ccc3c4ccc(C(C)(C)C)cc4n(-c4cc(C(C)(C)C)ccn4)c3c2)c1. The van der Waals surface area contributed by atoms with Gasteiger partial charge < -0.3 is 14.5 Å². The average Bonchev–Trinajstić information content (AvgIpc) is 3.78. The van der Waals surface area contributed by atoms with E-state index < -0.39 is 0 Å². The molecular weight excluding hydrogens is 721 g/mol. The third-order valence-electron chi connectivity index (χ3n) is 11.7. The predicted octanol–water partition coefficient (Wildman–Crippen LogP) is 14.7. The van der Waals surface area contributed by atoms with Gasteiger partial charge in [0, 0.05) is 57.8 Å². The van der Waals surface area contributed by atoms with Gasteiger partial charge in [0.2, 0.25) is 0 Å². The van der Waals surface area contributed by atoms with E-state index in [1.54, 1.807) is 0 Å². The number of hydrogen-bond acceptors (Lipinski definition) is 4. The van der Waals surface area contributed by atoms with Gasteiger partial charge in [-0.3, -0.25) is 4.57 Å². The Kier molecular flexibility index (Phi) is 9.81. The van der Waals surface area contributed by atoms with Gasteiger partial charge in [0.25, 0.3) is 0 Å². The zero-order valence-corrected chi connectivity index (χ0v) is 37.1. The summed E-state index contributed by atoms with van der Waals surface area (Å²) in [4.78, 5) is 9.79. The molecule has 8 rings (SSSR count). The summed E-state index contributed by atoms with van der Waals surface area (Å²) in [6.07, 6.45) is 4.28. The number of fused-ring (bicyclic) bond motifs is 3. The molecule has 59 heavy (non-hydrogen) atoms. The molecule has 2 aromatic heterocycles. The van der Waals surface area contributed by atoms with Crippen molar-refractivity contribution in [2.24, 2.45) is 5.41 Å². The first-order valence-corrected chi connectivity index (χ1v) is 21.1. The van der Waals surface area contributed by atoms with Gasteiger partial charge in [-0.25, -0.2) is 4.98 Å². The van der Waals surface area contributed by atoms with Gasteiger partial charge in [0.15, 0.2) is 0 Å². The fourth-order valence-electron chi connectivity index (χ4n) is 8.10. The highest BCUT2D eigenvalue weighted by atomic mass is 16.5. The van der Waals surface area contributed by atoms with E-state index >= 15 is 0 Å². The number of benzene rings is 5. The van der Waals surface area contributed by atoms with Gasteiger partial charge in [-0.05, 0) is 98.7 Å². The molecule has 0 spiro atoms. The van der Waals surface area contributed by atoms with E-state index in [0.717, 1.165) is 34.0 Å². The first kappa shape index (κ1) is 40.0. The van der Waals surface area contributed by atoms with Crippen molar-refractivity contribution in [3.8, 4) is 28.4 Å². The molecule has 0 amide bonds. The second-order valence-corrected chi connectivity index (χ2v) is 20.4. The minimum Gasteiger partial charge on any atom is -0.457 e. The second-order valence-electron chi connectivity index (χ2n) is 20.4. The summed E-state index contributed by atoms with van der Waals surface area (Å²) in [6, 6.07) is 44.0. The Balaban J connectivity index is 1.17. The lowest BCUT2D eigenvalue weighted by atomic mass is 9.85. The minimum atomic E-state index is -0.0981. The molecule has 7 aromatic rings. The highest BCUT2D eigenvalue weighted by Gasteiger charge is 2.32. The lowest BCUT2D eigenvalue weighted by Crippen LogP contribution is -2.30. The molecular formula is C54H60N4O. The zero-order chi connectivity index (χ0) is 42.1. The number of anilines is 2. The number of allylic oxidation sites excluding steroid dienone is 1. The van der Waals surface area contributed by atoms with E-state index in [0.29, 0.717) is 6.67 Å². The van der Waals surface area contributed by atoms with Crippen LogP contribution in [0.1, 0.15) is 99.8 Å². The number of aromatic nitrogens is 2. The summed E-state index contributed by atoms with van der Waals surface area (Å²) in [7, 11) is 0. The quantitative estimate of drug-likeness (QED) is 0.168. The van der Waals surface area contributed by atoms with Crippen LogP contribution < -0.4 is 14.5 Å². The largest absolute Gasteiger partial charge is 0.457 e. The van der Waals surface area contributed by atoms with E-state index in [4.69, 9.17) is 9.72 Å². The van der Waals surface area contributed by atoms with Crippen LogP contribution in [0.25, 0.3) is 38.8 Å². The average molecular weight is 781 g/mol. The van der Waals surface area contributed by atoms with E-state index in [-0.39, 0.29) is 21.7 Å². The standard InChI is InChI=1S/C54H60N4O/c1-51(2,3)38-21-23-45-46-24-22-44(33-48(46)58(47(45)30-38)50-31-39(25-26-55-50)52(4,5)6)59-43-20-16-19-41(32-43)57-35-56(34-49(57)54(10,11)12)42-28-37(36-17-14-13-15-18-36)27-40(29-42)53(7,8)9/h13-34H,35H2,1-12H3. The molecule has 302 valence electrons. The Bertz CT molecular complexity index is 2710. The highest BCUT2D eigenvalue weighted by Crippen LogP contribution is 2.42. The predicted molar refractivity (Wildman–Crippen MR) is 250 cm³/mol. The molecule has 1 aliphatic rings. The Morgan fingerprint density at radius 3 is 1.81 bits per heavy atom. The number of nitrogens with zero attached hydrogens (tertiary/aromatic N) is 4. The number of pyridine rings is 1. The third-order valence-corrected chi connectivity index (χ3v) is 11.7. The van der Waals surface area contributed by atoms with E-state index in [2.05, 4.69) is 225 Å². The van der Waals surface area contributed by atoms with Crippen molar-refractivity contribution in [1.29, 1.82) is 0 Å². The lowest BCUT2D eigenvalue weighted by Gasteiger charge is -2.31. The molecule has 0 unspecified atom stereocenters. The van der Waals surface area contributed by atoms with Crippen molar-refractivity contribution >= 4 is 33.2 Å². The summed E-state index contributed by atoms with van der Waals surface area (Å²) in [5.74, 6) is 2.48. The summed E-state index contributed by atoms with van der Waals surface area (Å²) < 4.78 is 9.10. The van der Waals surface area contributed by atoms with Gasteiger partial charge >= 0.3 is 0 Å². The van der Waals surface area contributed by atoms with Crippen molar-refractivity contribution in [1.82, 2.24) is 9.55 Å². The fraction of sp³-hybridized carbons (Fsp3) is 0.315. The molecule has 0 saturated heterocycles. The molecule has 1 aliphatic heterocycles. The van der Waals surface area contributed by atoms with Crippen molar-refractivity contribution < 1.29 is 4.74 Å². The van der Waals surface area contributed by atoms with Gasteiger partial charge in [0.05, 0.1) is 17.7 Å². The molecule has 0 bridgehead atoms. The van der Waals surface area contributed by atoms with Crippen LogP contribution >= 0.6 is 0 Å². The number of ether oxygens (including phenoxy) is 1. The summed E-state index contributed by atoms with van der Waals surface area (Å²) in [5.41, 5.74) is 12.0. The first-order chi connectivity index (χ1) is 27.7. The maximum atomic E-state index is 6.79. The molecule has 5 nitrogen and oxygen atoms in total. The molecule has 0 radical (unpaired) electrons. The summed E-state index contributed by atoms with van der Waals surface area (Å²) >= 11 is 0. The maximum absolute atomic E-state index is 6.79. The van der Waals surface area contributed by atoms with Crippen molar-refractivity contribution in [3.05, 3.63) is 156 Å². The Hall–Kier alpha value is -5.81. The Morgan fingerprint density at radius 1 is 0.492 bits per heavy atom. The Morgan fingerprint density at radius 2 is 1.14 bits per heavy atom. The summed E-state index contributed by atoms with van der Waals surface area (Å²) in [5, 5.41) is 2.38. The fourth-order valence-corrected chi connectivity index (χ4v) is 8.10. The van der Waals surface area contributed by atoms with Crippen LogP contribution in [0.2, 0.25) is 0 Å². The molecule has 0 fully saturated rings. The second kappa shape index (κ2) is 14.5. The summed E-state index contributed by atoms with van der Waals surface area (Å²) in [6.45, 7) is 28.0. The zero-order valence-electron chi connectivity index (χ0n) is 37.1. The minimum absolute atomic E-state index is 0.000905. The van der Waals surface area contributed by atoms with E-state index in [1.165, 1.54) is 50.0 Å². The van der Waals surface area contributed by atoms with Gasteiger partial charge in [-0.15, -0.1) is 0 Å². The van der Waals surface area contributed by atoms with E-state index in [9.17, 15) is 0 Å². The molecule has 0 N–H and O–H groups in total. The van der Waals surface area contributed by atoms with Crippen LogP contribution in [0.4, 0.5) is 11.4 Å². The van der Waals surface area contributed by atoms with Crippen molar-refractivity contribution in [2.75, 3.05) is 16.5 Å². The molecule has 5 heteroatoms. The maximum Gasteiger partial charge on any atom is 0.137 e. The van der Waals surface area contributed by atoms with Crippen LogP contribution in [0.15, 0.2) is 139 Å². The van der Waals surface area contributed by atoms with Crippen molar-refractivity contribution in [2.45, 2.75) is 99.3 Å². The number of hydrogen-bond donors (Lipinski definition) is 0. The molecule has 0 saturated carbocycles. The van der Waals surface area contributed by atoms with Gasteiger partial charge in [-0.1, -0.05) is 138 Å². The third kappa shape index (κ3) is 8.00. The monoisotopic (exact) mass is 780 g/mol. The lowest BCUT2D eigenvalue weighted by molar-refractivity contribution is 0.481. The molecule has 0 atom stereocenters. The molecule has 0 aliphatic carbocycles. The Labute approximate surface area is 352 Å². The highest BCUT2D eigenvalue weighted by molar-refractivity contribution is 6.09. The van der Waals surface area contributed by atoms with Crippen LogP contribution in [-0.2, 0) is 16.2 Å².